The highest BCUT2D eigenvalue weighted by atomic mass is 32.2. The normalized spacial score (nSPS) is 12.5. The van der Waals surface area contributed by atoms with Crippen molar-refractivity contribution in [3.63, 3.8) is 0 Å². The molecule has 1 unspecified atom stereocenters. The van der Waals surface area contributed by atoms with Gasteiger partial charge in [-0.15, -0.1) is 0 Å². The van der Waals surface area contributed by atoms with Gasteiger partial charge in [-0.2, -0.15) is 0 Å². The Labute approximate surface area is 178 Å². The molecule has 2 aromatic carbocycles. The molecule has 164 valence electrons. The van der Waals surface area contributed by atoms with Crippen LogP contribution in [0.4, 0.5) is 0 Å². The van der Waals surface area contributed by atoms with Gasteiger partial charge in [-0.25, -0.2) is 13.1 Å². The molecule has 1 atom stereocenters. The fourth-order valence-electron chi connectivity index (χ4n) is 2.82. The third-order valence-corrected chi connectivity index (χ3v) is 6.06. The molecule has 0 aliphatic carbocycles. The third-order valence-electron chi connectivity index (χ3n) is 4.61. The SMILES string of the molecule is COCCNS(=O)(=O)c1ccc(C)c(C(=O)NCCCOC(C)c2ccccc2)c1. The molecule has 2 aromatic rings. The van der Waals surface area contributed by atoms with E-state index in [1.54, 1.807) is 13.0 Å². The zero-order valence-corrected chi connectivity index (χ0v) is 18.5. The van der Waals surface area contributed by atoms with E-state index >= 15 is 0 Å². The van der Waals surface area contributed by atoms with E-state index in [0.717, 1.165) is 5.56 Å². The lowest BCUT2D eigenvalue weighted by atomic mass is 10.1. The van der Waals surface area contributed by atoms with Gasteiger partial charge in [0.05, 0.1) is 17.6 Å². The van der Waals surface area contributed by atoms with Crippen LogP contribution in [0.15, 0.2) is 53.4 Å². The fraction of sp³-hybridized carbons (Fsp3) is 0.409. The first kappa shape index (κ1) is 24.0. The monoisotopic (exact) mass is 434 g/mol. The van der Waals surface area contributed by atoms with Crippen LogP contribution in [0, 0.1) is 6.92 Å². The Bertz CT molecular complexity index is 916. The molecule has 0 saturated carbocycles. The Morgan fingerprint density at radius 2 is 1.80 bits per heavy atom. The number of nitrogens with one attached hydrogen (secondary N) is 2. The van der Waals surface area contributed by atoms with Gasteiger partial charge in [0.2, 0.25) is 10.0 Å². The van der Waals surface area contributed by atoms with E-state index in [9.17, 15) is 13.2 Å². The number of methoxy groups -OCH3 is 1. The van der Waals surface area contributed by atoms with Gasteiger partial charge in [0, 0.05) is 32.4 Å². The van der Waals surface area contributed by atoms with Gasteiger partial charge in [-0.1, -0.05) is 36.4 Å². The molecule has 0 radical (unpaired) electrons. The van der Waals surface area contributed by atoms with Crippen LogP contribution in [0.1, 0.15) is 40.9 Å². The largest absolute Gasteiger partial charge is 0.383 e. The first-order valence-electron chi connectivity index (χ1n) is 9.89. The van der Waals surface area contributed by atoms with Gasteiger partial charge < -0.3 is 14.8 Å². The van der Waals surface area contributed by atoms with Crippen LogP contribution in [-0.4, -0.2) is 47.7 Å². The number of rotatable bonds is 12. The number of carbonyl (C=O) groups is 1. The molecule has 8 heteroatoms. The Hall–Kier alpha value is -2.26. The van der Waals surface area contributed by atoms with E-state index in [0.29, 0.717) is 30.7 Å². The van der Waals surface area contributed by atoms with Crippen LogP contribution >= 0.6 is 0 Å². The van der Waals surface area contributed by atoms with Gasteiger partial charge in [-0.05, 0) is 43.5 Å². The maximum absolute atomic E-state index is 12.5. The zero-order valence-electron chi connectivity index (χ0n) is 17.7. The van der Waals surface area contributed by atoms with Crippen molar-refractivity contribution in [3.05, 3.63) is 65.2 Å². The Kier molecular flexibility index (Phi) is 9.45. The van der Waals surface area contributed by atoms with Crippen molar-refractivity contribution < 1.29 is 22.7 Å². The lowest BCUT2D eigenvalue weighted by Gasteiger charge is -2.14. The first-order chi connectivity index (χ1) is 14.3. The molecule has 1 amide bonds. The molecule has 0 heterocycles. The van der Waals surface area contributed by atoms with Crippen LogP contribution in [0.25, 0.3) is 0 Å². The van der Waals surface area contributed by atoms with Gasteiger partial charge >= 0.3 is 0 Å². The van der Waals surface area contributed by atoms with Crippen LogP contribution in [0.5, 0.6) is 0 Å². The highest BCUT2D eigenvalue weighted by molar-refractivity contribution is 7.89. The summed E-state index contributed by atoms with van der Waals surface area (Å²) in [5.41, 5.74) is 2.15. The lowest BCUT2D eigenvalue weighted by Crippen LogP contribution is -2.29. The Morgan fingerprint density at radius 1 is 1.07 bits per heavy atom. The highest BCUT2D eigenvalue weighted by Gasteiger charge is 2.17. The third kappa shape index (κ3) is 7.21. The van der Waals surface area contributed by atoms with Crippen LogP contribution < -0.4 is 10.0 Å². The molecule has 0 bridgehead atoms. The summed E-state index contributed by atoms with van der Waals surface area (Å²) in [4.78, 5) is 12.6. The molecule has 0 aliphatic heterocycles. The molecule has 0 aromatic heterocycles. The van der Waals surface area contributed by atoms with E-state index in [-0.39, 0.29) is 30.1 Å². The molecule has 2 N–H and O–H groups in total. The topological polar surface area (TPSA) is 93.7 Å². The molecular weight excluding hydrogens is 404 g/mol. The Morgan fingerprint density at radius 3 is 2.50 bits per heavy atom. The number of amides is 1. The van der Waals surface area contributed by atoms with Crippen molar-refractivity contribution in [1.82, 2.24) is 10.0 Å². The molecule has 0 fully saturated rings. The summed E-state index contributed by atoms with van der Waals surface area (Å²) in [6, 6.07) is 14.4. The van der Waals surface area contributed by atoms with E-state index in [2.05, 4.69) is 10.0 Å². The predicted octanol–water partition coefficient (Wildman–Crippen LogP) is 2.82. The van der Waals surface area contributed by atoms with E-state index in [4.69, 9.17) is 9.47 Å². The number of benzene rings is 2. The van der Waals surface area contributed by atoms with Gasteiger partial charge in [0.1, 0.15) is 0 Å². The van der Waals surface area contributed by atoms with Crippen LogP contribution in [0.2, 0.25) is 0 Å². The minimum Gasteiger partial charge on any atom is -0.383 e. The van der Waals surface area contributed by atoms with Gasteiger partial charge in [0.25, 0.3) is 5.91 Å². The number of hydrogen-bond acceptors (Lipinski definition) is 5. The maximum atomic E-state index is 12.5. The summed E-state index contributed by atoms with van der Waals surface area (Å²) in [5.74, 6) is -0.308. The van der Waals surface area contributed by atoms with E-state index < -0.39 is 10.0 Å². The fourth-order valence-corrected chi connectivity index (χ4v) is 3.86. The summed E-state index contributed by atoms with van der Waals surface area (Å²) in [6.07, 6.45) is 0.634. The molecule has 7 nitrogen and oxygen atoms in total. The van der Waals surface area contributed by atoms with Gasteiger partial charge in [0.15, 0.2) is 0 Å². The van der Waals surface area contributed by atoms with Gasteiger partial charge in [-0.3, -0.25) is 4.79 Å². The van der Waals surface area contributed by atoms with Crippen LogP contribution in [0.3, 0.4) is 0 Å². The molecule has 0 saturated heterocycles. The maximum Gasteiger partial charge on any atom is 0.251 e. The molecule has 2 rings (SSSR count). The number of carbonyl (C=O) groups excluding carboxylic acids is 1. The first-order valence-corrected chi connectivity index (χ1v) is 11.4. The summed E-state index contributed by atoms with van der Waals surface area (Å²) in [7, 11) is -2.20. The van der Waals surface area contributed by atoms with Crippen LogP contribution in [-0.2, 0) is 19.5 Å². The minimum atomic E-state index is -3.70. The standard InChI is InChI=1S/C22H30N2O5S/c1-17-10-11-20(30(26,27)24-13-15-28-3)16-21(17)22(25)23-12-7-14-29-18(2)19-8-5-4-6-9-19/h4-6,8-11,16,18,24H,7,12-15H2,1-3H3,(H,23,25). The molecule has 0 aliphatic rings. The molecule has 30 heavy (non-hydrogen) atoms. The average molecular weight is 435 g/mol. The smallest absolute Gasteiger partial charge is 0.251 e. The second-order valence-corrected chi connectivity index (χ2v) is 8.67. The number of ether oxygens (including phenoxy) is 2. The second-order valence-electron chi connectivity index (χ2n) is 6.90. The van der Waals surface area contributed by atoms with Crippen molar-refractivity contribution in [1.29, 1.82) is 0 Å². The van der Waals surface area contributed by atoms with Crippen molar-refractivity contribution >= 4 is 15.9 Å². The zero-order chi connectivity index (χ0) is 22.0. The number of sulfonamides is 1. The minimum absolute atomic E-state index is 0.0170. The number of hydrogen-bond donors (Lipinski definition) is 2. The van der Waals surface area contributed by atoms with E-state index in [1.807, 2.05) is 37.3 Å². The number of aryl methyl sites for hydroxylation is 1. The van der Waals surface area contributed by atoms with Crippen molar-refractivity contribution in [2.45, 2.75) is 31.3 Å². The lowest BCUT2D eigenvalue weighted by molar-refractivity contribution is 0.0635. The molecule has 0 spiro atoms. The highest BCUT2D eigenvalue weighted by Crippen LogP contribution is 2.17. The van der Waals surface area contributed by atoms with E-state index in [1.165, 1.54) is 19.2 Å². The summed E-state index contributed by atoms with van der Waals surface area (Å²) >= 11 is 0. The second kappa shape index (κ2) is 11.8. The average Bonchev–Trinajstić information content (AvgIpc) is 2.74. The predicted molar refractivity (Wildman–Crippen MR) is 116 cm³/mol. The summed E-state index contributed by atoms with van der Waals surface area (Å²) in [5, 5.41) is 2.83. The van der Waals surface area contributed by atoms with Crippen molar-refractivity contribution in [3.8, 4) is 0 Å². The summed E-state index contributed by atoms with van der Waals surface area (Å²) < 4.78 is 37.8. The Balaban J connectivity index is 1.86. The quantitative estimate of drug-likeness (QED) is 0.501. The molecular formula is C22H30N2O5S. The van der Waals surface area contributed by atoms with Crippen molar-refractivity contribution in [2.75, 3.05) is 33.4 Å². The summed E-state index contributed by atoms with van der Waals surface area (Å²) in [6.45, 7) is 5.13. The van der Waals surface area contributed by atoms with Crippen molar-refractivity contribution in [2.24, 2.45) is 0 Å².